The minimum Gasteiger partial charge on any atom is -0.497 e. The molecule has 0 saturated carbocycles. The highest BCUT2D eigenvalue weighted by Crippen LogP contribution is 2.25. The van der Waals surface area contributed by atoms with E-state index in [0.29, 0.717) is 48.9 Å². The molecular weight excluding hydrogens is 406 g/mol. The first-order valence-electron chi connectivity index (χ1n) is 10.9. The summed E-state index contributed by atoms with van der Waals surface area (Å²) >= 11 is 0. The number of carbonyl (C=O) groups excluding carboxylic acids is 2. The third kappa shape index (κ3) is 5.87. The van der Waals surface area contributed by atoms with Crippen molar-refractivity contribution < 1.29 is 19.1 Å². The van der Waals surface area contributed by atoms with Gasteiger partial charge in [-0.25, -0.2) is 5.43 Å². The Balaban J connectivity index is 1.51. The average Bonchev–Trinajstić information content (AvgIpc) is 2.83. The van der Waals surface area contributed by atoms with Gasteiger partial charge in [0.1, 0.15) is 11.5 Å². The molecule has 1 heterocycles. The van der Waals surface area contributed by atoms with E-state index in [1.165, 1.54) is 5.56 Å². The van der Waals surface area contributed by atoms with Crippen molar-refractivity contribution in [2.75, 3.05) is 27.3 Å². The molecule has 0 aromatic heterocycles. The second-order valence-electron chi connectivity index (χ2n) is 8.22. The number of nitrogens with zero attached hydrogens (tertiary/aromatic N) is 2. The highest BCUT2D eigenvalue weighted by Gasteiger charge is 2.28. The van der Waals surface area contributed by atoms with Gasteiger partial charge in [-0.3, -0.25) is 9.59 Å². The van der Waals surface area contributed by atoms with Crippen LogP contribution in [0, 0.1) is 5.92 Å². The molecule has 7 heteroatoms. The normalized spacial score (nSPS) is 14.6. The highest BCUT2D eigenvalue weighted by molar-refractivity contribution is 5.95. The van der Waals surface area contributed by atoms with Crippen LogP contribution >= 0.6 is 0 Å². The smallest absolute Gasteiger partial charge is 0.254 e. The molecule has 1 N–H and O–H groups in total. The van der Waals surface area contributed by atoms with Crippen LogP contribution in [0.25, 0.3) is 0 Å². The fourth-order valence-electron chi connectivity index (χ4n) is 3.69. The lowest BCUT2D eigenvalue weighted by atomic mass is 9.95. The fraction of sp³-hybridized carbons (Fsp3) is 0.400. The Morgan fingerprint density at radius 3 is 2.16 bits per heavy atom. The van der Waals surface area contributed by atoms with Crippen LogP contribution in [0.3, 0.4) is 0 Å². The zero-order valence-corrected chi connectivity index (χ0v) is 19.1. The van der Waals surface area contributed by atoms with Gasteiger partial charge in [0.15, 0.2) is 0 Å². The zero-order valence-electron chi connectivity index (χ0n) is 19.1. The number of nitrogens with one attached hydrogen (secondary N) is 1. The summed E-state index contributed by atoms with van der Waals surface area (Å²) in [4.78, 5) is 27.1. The van der Waals surface area contributed by atoms with Crippen molar-refractivity contribution in [2.45, 2.75) is 32.6 Å². The minimum atomic E-state index is -0.167. The lowest BCUT2D eigenvalue weighted by Gasteiger charge is -2.31. The molecule has 0 spiro atoms. The summed E-state index contributed by atoms with van der Waals surface area (Å²) in [6.07, 6.45) is 2.84. The molecular formula is C25H31N3O4. The van der Waals surface area contributed by atoms with Gasteiger partial charge in [0.2, 0.25) is 5.91 Å². The number of ether oxygens (including phenoxy) is 2. The van der Waals surface area contributed by atoms with Gasteiger partial charge in [0, 0.05) is 30.6 Å². The van der Waals surface area contributed by atoms with Gasteiger partial charge in [-0.15, -0.1) is 0 Å². The lowest BCUT2D eigenvalue weighted by Crippen LogP contribution is -2.42. The van der Waals surface area contributed by atoms with Crippen molar-refractivity contribution in [3.05, 3.63) is 59.2 Å². The van der Waals surface area contributed by atoms with Gasteiger partial charge in [-0.05, 0) is 42.0 Å². The highest BCUT2D eigenvalue weighted by atomic mass is 16.5. The first kappa shape index (κ1) is 23.3. The number of hydrogen-bond donors (Lipinski definition) is 1. The molecule has 3 rings (SSSR count). The van der Waals surface area contributed by atoms with E-state index in [2.05, 4.69) is 36.5 Å². The standard InChI is InChI=1S/C25H31N3O4/c1-17(2)19-7-5-18(6-8-19)16-26-27-24(29)20-9-11-28(12-10-20)25(30)21-13-22(31-3)15-23(14-21)32-4/h5-8,13-17,20H,9-12H2,1-4H3,(H,27,29)/b26-16-. The summed E-state index contributed by atoms with van der Waals surface area (Å²) in [5, 5.41) is 4.10. The molecule has 2 aromatic carbocycles. The van der Waals surface area contributed by atoms with Gasteiger partial charge >= 0.3 is 0 Å². The van der Waals surface area contributed by atoms with Crippen LogP contribution in [0.1, 0.15) is 54.1 Å². The van der Waals surface area contributed by atoms with Crippen LogP contribution in [0.15, 0.2) is 47.6 Å². The molecule has 1 aliphatic heterocycles. The Labute approximate surface area is 189 Å². The Morgan fingerprint density at radius 1 is 1.03 bits per heavy atom. The van der Waals surface area contributed by atoms with Crippen molar-refractivity contribution in [1.82, 2.24) is 10.3 Å². The zero-order chi connectivity index (χ0) is 23.1. The van der Waals surface area contributed by atoms with Crippen LogP contribution in [0.5, 0.6) is 11.5 Å². The summed E-state index contributed by atoms with van der Waals surface area (Å²) in [5.74, 6) is 1.24. The van der Waals surface area contributed by atoms with Crippen molar-refractivity contribution >= 4 is 18.0 Å². The number of benzene rings is 2. The molecule has 0 aliphatic carbocycles. The molecule has 2 aromatic rings. The van der Waals surface area contributed by atoms with E-state index in [4.69, 9.17) is 9.47 Å². The van der Waals surface area contributed by atoms with Crippen molar-refractivity contribution in [1.29, 1.82) is 0 Å². The molecule has 1 aliphatic rings. The second kappa shape index (κ2) is 10.8. The van der Waals surface area contributed by atoms with Gasteiger partial charge in [-0.1, -0.05) is 38.1 Å². The van der Waals surface area contributed by atoms with E-state index in [-0.39, 0.29) is 17.7 Å². The second-order valence-corrected chi connectivity index (χ2v) is 8.22. The summed E-state index contributed by atoms with van der Waals surface area (Å²) in [7, 11) is 3.10. The van der Waals surface area contributed by atoms with Gasteiger partial charge in [0.25, 0.3) is 5.91 Å². The number of hydrogen-bond acceptors (Lipinski definition) is 5. The van der Waals surface area contributed by atoms with E-state index in [0.717, 1.165) is 5.56 Å². The molecule has 7 nitrogen and oxygen atoms in total. The van der Waals surface area contributed by atoms with Crippen LogP contribution in [0.4, 0.5) is 0 Å². The number of likely N-dealkylation sites (tertiary alicyclic amines) is 1. The fourth-order valence-corrected chi connectivity index (χ4v) is 3.69. The number of methoxy groups -OCH3 is 2. The first-order chi connectivity index (χ1) is 15.4. The third-order valence-corrected chi connectivity index (χ3v) is 5.74. The maximum atomic E-state index is 12.9. The van der Waals surface area contributed by atoms with Crippen LogP contribution in [-0.2, 0) is 4.79 Å². The Morgan fingerprint density at radius 2 is 1.62 bits per heavy atom. The largest absolute Gasteiger partial charge is 0.497 e. The number of rotatable bonds is 7. The summed E-state index contributed by atoms with van der Waals surface area (Å²) in [6, 6.07) is 13.2. The molecule has 2 amide bonds. The van der Waals surface area contributed by atoms with E-state index in [1.54, 1.807) is 43.5 Å². The van der Waals surface area contributed by atoms with Gasteiger partial charge < -0.3 is 14.4 Å². The van der Waals surface area contributed by atoms with Crippen LogP contribution in [-0.4, -0.2) is 50.2 Å². The molecule has 0 atom stereocenters. The average molecular weight is 438 g/mol. The Hall–Kier alpha value is -3.35. The summed E-state index contributed by atoms with van der Waals surface area (Å²) in [5.41, 5.74) is 5.35. The van der Waals surface area contributed by atoms with Gasteiger partial charge in [-0.2, -0.15) is 5.10 Å². The van der Waals surface area contributed by atoms with E-state index in [9.17, 15) is 9.59 Å². The third-order valence-electron chi connectivity index (χ3n) is 5.74. The monoisotopic (exact) mass is 437 g/mol. The quantitative estimate of drug-likeness (QED) is 0.527. The van der Waals surface area contributed by atoms with Crippen LogP contribution in [0.2, 0.25) is 0 Å². The molecule has 1 saturated heterocycles. The predicted octanol–water partition coefficient (Wildman–Crippen LogP) is 3.83. The number of amides is 2. The van der Waals surface area contributed by atoms with E-state index >= 15 is 0 Å². The van der Waals surface area contributed by atoms with Crippen molar-refractivity contribution in [3.8, 4) is 11.5 Å². The molecule has 32 heavy (non-hydrogen) atoms. The van der Waals surface area contributed by atoms with Crippen molar-refractivity contribution in [3.63, 3.8) is 0 Å². The number of hydrazone groups is 1. The molecule has 170 valence electrons. The Bertz CT molecular complexity index is 939. The maximum absolute atomic E-state index is 12.9. The Kier molecular flexibility index (Phi) is 7.87. The maximum Gasteiger partial charge on any atom is 0.254 e. The molecule has 0 radical (unpaired) electrons. The lowest BCUT2D eigenvalue weighted by molar-refractivity contribution is -0.126. The minimum absolute atomic E-state index is 0.0936. The van der Waals surface area contributed by atoms with Crippen molar-refractivity contribution in [2.24, 2.45) is 11.0 Å². The first-order valence-corrected chi connectivity index (χ1v) is 10.9. The number of piperidine rings is 1. The molecule has 0 unspecified atom stereocenters. The van der Waals surface area contributed by atoms with E-state index in [1.807, 2.05) is 12.1 Å². The molecule has 0 bridgehead atoms. The predicted molar refractivity (Wildman–Crippen MR) is 124 cm³/mol. The van der Waals surface area contributed by atoms with Gasteiger partial charge in [0.05, 0.1) is 20.4 Å². The number of carbonyl (C=O) groups is 2. The summed E-state index contributed by atoms with van der Waals surface area (Å²) < 4.78 is 10.5. The van der Waals surface area contributed by atoms with E-state index < -0.39 is 0 Å². The topological polar surface area (TPSA) is 80.2 Å². The van der Waals surface area contributed by atoms with Crippen LogP contribution < -0.4 is 14.9 Å². The molecule has 1 fully saturated rings. The summed E-state index contributed by atoms with van der Waals surface area (Å²) in [6.45, 7) is 5.32. The SMILES string of the molecule is COc1cc(OC)cc(C(=O)N2CCC(C(=O)N/N=C\c3ccc(C(C)C)cc3)CC2)c1.